The fraction of sp³-hybridized carbons (Fsp3) is 0.500. The number of amides is 1. The molecule has 1 aliphatic heterocycles. The Morgan fingerprint density at radius 3 is 2.58 bits per heavy atom. The number of anilines is 2. The van der Waals surface area contributed by atoms with Crippen LogP contribution in [0.25, 0.3) is 0 Å². The molecule has 19 heavy (non-hydrogen) atoms. The van der Waals surface area contributed by atoms with Gasteiger partial charge in [0.2, 0.25) is 5.91 Å². The number of aryl methyl sites for hydroxylation is 1. The van der Waals surface area contributed by atoms with Crippen LogP contribution in [0.2, 0.25) is 5.02 Å². The highest BCUT2D eigenvalue weighted by molar-refractivity contribution is 6.33. The van der Waals surface area contributed by atoms with Crippen molar-refractivity contribution in [1.29, 1.82) is 0 Å². The van der Waals surface area contributed by atoms with E-state index in [0.717, 1.165) is 17.8 Å². The molecule has 1 aromatic rings. The quantitative estimate of drug-likeness (QED) is 0.804. The minimum absolute atomic E-state index is 0.117. The van der Waals surface area contributed by atoms with Crippen molar-refractivity contribution < 1.29 is 4.79 Å². The number of piperazine rings is 1. The van der Waals surface area contributed by atoms with E-state index in [9.17, 15) is 4.79 Å². The third-order valence-corrected chi connectivity index (χ3v) is 4.14. The second kappa shape index (κ2) is 4.60. The summed E-state index contributed by atoms with van der Waals surface area (Å²) in [6, 6.07) is 3.71. The molecular weight excluding hydrogens is 262 g/mol. The molecule has 0 saturated carbocycles. The minimum Gasteiger partial charge on any atom is -0.398 e. The fourth-order valence-electron chi connectivity index (χ4n) is 2.62. The Balaban J connectivity index is 2.47. The minimum atomic E-state index is -0.572. The predicted molar refractivity (Wildman–Crippen MR) is 79.7 cm³/mol. The molecule has 0 radical (unpaired) electrons. The zero-order valence-corrected chi connectivity index (χ0v) is 12.6. The van der Waals surface area contributed by atoms with E-state index in [4.69, 9.17) is 17.3 Å². The number of rotatable bonds is 1. The number of carbonyl (C=O) groups excluding carboxylic acids is 1. The highest BCUT2D eigenvalue weighted by atomic mass is 35.5. The zero-order chi connectivity index (χ0) is 14.4. The van der Waals surface area contributed by atoms with E-state index in [1.54, 1.807) is 4.90 Å². The molecule has 2 N–H and O–H groups in total. The average molecular weight is 282 g/mol. The molecule has 0 atom stereocenters. The van der Waals surface area contributed by atoms with Gasteiger partial charge in [-0.1, -0.05) is 11.6 Å². The summed E-state index contributed by atoms with van der Waals surface area (Å²) in [5, 5.41) is 0.530. The molecule has 1 heterocycles. The predicted octanol–water partition coefficient (Wildman–Crippen LogP) is 2.29. The van der Waals surface area contributed by atoms with Gasteiger partial charge in [-0.2, -0.15) is 0 Å². The Labute approximate surface area is 119 Å². The van der Waals surface area contributed by atoms with Crippen LogP contribution in [0.15, 0.2) is 12.1 Å². The number of benzene rings is 1. The molecule has 1 amide bonds. The molecule has 1 saturated heterocycles. The van der Waals surface area contributed by atoms with Gasteiger partial charge in [0.25, 0.3) is 0 Å². The molecule has 0 bridgehead atoms. The van der Waals surface area contributed by atoms with Crippen LogP contribution in [-0.4, -0.2) is 36.5 Å². The summed E-state index contributed by atoms with van der Waals surface area (Å²) in [6.45, 7) is 7.37. The van der Waals surface area contributed by atoms with Gasteiger partial charge in [-0.05, 0) is 38.5 Å². The Morgan fingerprint density at radius 1 is 1.32 bits per heavy atom. The van der Waals surface area contributed by atoms with E-state index in [2.05, 4.69) is 4.90 Å². The molecular formula is C14H20ClN3O. The van der Waals surface area contributed by atoms with Crippen molar-refractivity contribution in [3.05, 3.63) is 22.7 Å². The lowest BCUT2D eigenvalue weighted by atomic mass is 9.95. The van der Waals surface area contributed by atoms with E-state index in [1.165, 1.54) is 0 Å². The topological polar surface area (TPSA) is 49.6 Å². The lowest BCUT2D eigenvalue weighted by Crippen LogP contribution is -2.62. The van der Waals surface area contributed by atoms with Crippen molar-refractivity contribution in [2.45, 2.75) is 26.3 Å². The van der Waals surface area contributed by atoms with Crippen molar-refractivity contribution in [1.82, 2.24) is 4.90 Å². The molecule has 1 fully saturated rings. The first-order chi connectivity index (χ1) is 8.75. The molecule has 1 aromatic carbocycles. The van der Waals surface area contributed by atoms with E-state index in [-0.39, 0.29) is 5.91 Å². The fourth-order valence-corrected chi connectivity index (χ4v) is 2.78. The Morgan fingerprint density at radius 2 is 1.95 bits per heavy atom. The van der Waals surface area contributed by atoms with Gasteiger partial charge in [-0.25, -0.2) is 0 Å². The standard InChI is InChI=1S/C14H20ClN3O/c1-9-7-11(16)10(15)8-12(9)18-6-5-17(4)13(19)14(18,2)3/h7-8H,5-6,16H2,1-4H3. The molecule has 0 aliphatic carbocycles. The van der Waals surface area contributed by atoms with Crippen LogP contribution in [0.4, 0.5) is 11.4 Å². The van der Waals surface area contributed by atoms with Crippen LogP contribution >= 0.6 is 11.6 Å². The number of carbonyl (C=O) groups is 1. The lowest BCUT2D eigenvalue weighted by molar-refractivity contribution is -0.136. The van der Waals surface area contributed by atoms with Crippen molar-refractivity contribution in [3.8, 4) is 0 Å². The molecule has 2 rings (SSSR count). The third kappa shape index (κ3) is 2.25. The van der Waals surface area contributed by atoms with Gasteiger partial charge in [0.05, 0.1) is 10.7 Å². The summed E-state index contributed by atoms with van der Waals surface area (Å²) in [4.78, 5) is 16.2. The summed E-state index contributed by atoms with van der Waals surface area (Å²) in [7, 11) is 1.84. The number of hydrogen-bond acceptors (Lipinski definition) is 3. The van der Waals surface area contributed by atoms with Gasteiger partial charge in [0, 0.05) is 25.8 Å². The van der Waals surface area contributed by atoms with Gasteiger partial charge in [-0.15, -0.1) is 0 Å². The number of likely N-dealkylation sites (N-methyl/N-ethyl adjacent to an activating group) is 1. The molecule has 4 nitrogen and oxygen atoms in total. The molecule has 0 spiro atoms. The third-order valence-electron chi connectivity index (χ3n) is 3.81. The van der Waals surface area contributed by atoms with Gasteiger partial charge in [0.1, 0.15) is 5.54 Å². The number of nitrogen functional groups attached to an aromatic ring is 1. The van der Waals surface area contributed by atoms with Crippen LogP contribution in [0, 0.1) is 6.92 Å². The highest BCUT2D eigenvalue weighted by Crippen LogP contribution is 2.35. The lowest BCUT2D eigenvalue weighted by Gasteiger charge is -2.46. The second-order valence-corrected chi connectivity index (χ2v) is 6.00. The molecule has 0 unspecified atom stereocenters. The van der Waals surface area contributed by atoms with Gasteiger partial charge < -0.3 is 15.5 Å². The first kappa shape index (κ1) is 14.0. The Hall–Kier alpha value is -1.42. The first-order valence-electron chi connectivity index (χ1n) is 6.34. The summed E-state index contributed by atoms with van der Waals surface area (Å²) in [6.07, 6.45) is 0. The van der Waals surface area contributed by atoms with E-state index >= 15 is 0 Å². The first-order valence-corrected chi connectivity index (χ1v) is 6.71. The Bertz CT molecular complexity index is 528. The SMILES string of the molecule is Cc1cc(N)c(Cl)cc1N1CCN(C)C(=O)C1(C)C. The van der Waals surface area contributed by atoms with Gasteiger partial charge in [-0.3, -0.25) is 4.79 Å². The number of nitrogens with two attached hydrogens (primary N) is 1. The molecule has 0 aromatic heterocycles. The number of halogens is 1. The van der Waals surface area contributed by atoms with Crippen molar-refractivity contribution in [2.24, 2.45) is 0 Å². The van der Waals surface area contributed by atoms with Crippen LogP contribution in [-0.2, 0) is 4.79 Å². The monoisotopic (exact) mass is 281 g/mol. The normalized spacial score (nSPS) is 18.9. The second-order valence-electron chi connectivity index (χ2n) is 5.60. The summed E-state index contributed by atoms with van der Waals surface area (Å²) in [5.41, 5.74) is 7.82. The molecule has 104 valence electrons. The molecule has 1 aliphatic rings. The van der Waals surface area contributed by atoms with E-state index < -0.39 is 5.54 Å². The maximum absolute atomic E-state index is 12.3. The maximum atomic E-state index is 12.3. The van der Waals surface area contributed by atoms with E-state index in [1.807, 2.05) is 40.0 Å². The van der Waals surface area contributed by atoms with Crippen LogP contribution < -0.4 is 10.6 Å². The zero-order valence-electron chi connectivity index (χ0n) is 11.8. The highest BCUT2D eigenvalue weighted by Gasteiger charge is 2.41. The average Bonchev–Trinajstić information content (AvgIpc) is 2.32. The van der Waals surface area contributed by atoms with E-state index in [0.29, 0.717) is 17.3 Å². The summed E-state index contributed by atoms with van der Waals surface area (Å²) in [5.74, 6) is 0.117. The Kier molecular flexibility index (Phi) is 3.39. The van der Waals surface area contributed by atoms with Crippen LogP contribution in [0.5, 0.6) is 0 Å². The van der Waals surface area contributed by atoms with Crippen LogP contribution in [0.3, 0.4) is 0 Å². The maximum Gasteiger partial charge on any atom is 0.247 e. The smallest absolute Gasteiger partial charge is 0.247 e. The number of nitrogens with zero attached hydrogens (tertiary/aromatic N) is 2. The molecule has 5 heteroatoms. The number of hydrogen-bond donors (Lipinski definition) is 1. The largest absolute Gasteiger partial charge is 0.398 e. The van der Waals surface area contributed by atoms with Crippen LogP contribution in [0.1, 0.15) is 19.4 Å². The van der Waals surface area contributed by atoms with Crippen molar-refractivity contribution >= 4 is 28.9 Å². The van der Waals surface area contributed by atoms with Crippen molar-refractivity contribution in [2.75, 3.05) is 30.8 Å². The summed E-state index contributed by atoms with van der Waals surface area (Å²) >= 11 is 6.12. The summed E-state index contributed by atoms with van der Waals surface area (Å²) < 4.78 is 0. The van der Waals surface area contributed by atoms with Crippen molar-refractivity contribution in [3.63, 3.8) is 0 Å². The van der Waals surface area contributed by atoms with Gasteiger partial charge >= 0.3 is 0 Å². The van der Waals surface area contributed by atoms with Gasteiger partial charge in [0.15, 0.2) is 0 Å².